The fourth-order valence-electron chi connectivity index (χ4n) is 4.11. The molecule has 182 valence electrons. The summed E-state index contributed by atoms with van der Waals surface area (Å²) in [4.78, 5) is 37.1. The molecule has 0 aromatic heterocycles. The molecule has 1 atom stereocenters. The molecule has 1 aromatic rings. The third-order valence-electron chi connectivity index (χ3n) is 5.76. The molecule has 1 aliphatic heterocycles. The maximum absolute atomic E-state index is 13.0. The van der Waals surface area contributed by atoms with E-state index in [1.807, 2.05) is 26.8 Å². The van der Waals surface area contributed by atoms with Crippen LogP contribution in [-0.4, -0.2) is 32.1 Å². The molecule has 33 heavy (non-hydrogen) atoms. The number of rotatable bonds is 9. The zero-order valence-corrected chi connectivity index (χ0v) is 21.0. The number of cyclic esters (lactones) is 1. The highest BCUT2D eigenvalue weighted by atomic mass is 16.6. The second-order valence-electron chi connectivity index (χ2n) is 9.81. The van der Waals surface area contributed by atoms with Gasteiger partial charge in [0.05, 0.1) is 20.1 Å². The van der Waals surface area contributed by atoms with Crippen LogP contribution < -0.4 is 9.47 Å². The minimum absolute atomic E-state index is 0.0490. The highest BCUT2D eigenvalue weighted by Gasteiger charge is 2.35. The average molecular weight is 461 g/mol. The lowest BCUT2D eigenvalue weighted by Crippen LogP contribution is -2.24. The summed E-state index contributed by atoms with van der Waals surface area (Å²) in [6.45, 7) is 11.9. The lowest BCUT2D eigenvalue weighted by molar-refractivity contribution is -0.141. The van der Waals surface area contributed by atoms with Crippen molar-refractivity contribution in [2.24, 2.45) is 11.3 Å². The van der Waals surface area contributed by atoms with Gasteiger partial charge in [-0.1, -0.05) is 39.3 Å². The van der Waals surface area contributed by atoms with Gasteiger partial charge in [-0.15, -0.1) is 0 Å². The van der Waals surface area contributed by atoms with Crippen LogP contribution in [0.4, 0.5) is 0 Å². The molecule has 0 saturated heterocycles. The zero-order chi connectivity index (χ0) is 24.9. The van der Waals surface area contributed by atoms with Crippen LogP contribution in [0, 0.1) is 18.3 Å². The fraction of sp³-hybridized carbons (Fsp3) is 0.577. The van der Waals surface area contributed by atoms with Crippen LogP contribution in [0.15, 0.2) is 11.6 Å². The Morgan fingerprint density at radius 3 is 2.39 bits per heavy atom. The van der Waals surface area contributed by atoms with E-state index < -0.39 is 11.9 Å². The molecule has 7 nitrogen and oxygen atoms in total. The van der Waals surface area contributed by atoms with Crippen LogP contribution in [0.1, 0.15) is 80.9 Å². The van der Waals surface area contributed by atoms with Gasteiger partial charge in [0.1, 0.15) is 17.9 Å². The van der Waals surface area contributed by atoms with Gasteiger partial charge in [0.15, 0.2) is 5.75 Å². The quantitative estimate of drug-likeness (QED) is 0.288. The van der Waals surface area contributed by atoms with E-state index in [0.29, 0.717) is 41.7 Å². The van der Waals surface area contributed by atoms with Crippen LogP contribution >= 0.6 is 0 Å². The van der Waals surface area contributed by atoms with Crippen LogP contribution in [0.3, 0.4) is 0 Å². The van der Waals surface area contributed by atoms with Crippen LogP contribution in [0.5, 0.6) is 11.5 Å². The normalized spacial score (nSPS) is 14.4. The molecular formula is C26H36O7. The van der Waals surface area contributed by atoms with Crippen molar-refractivity contribution in [3.63, 3.8) is 0 Å². The predicted octanol–water partition coefficient (Wildman–Crippen LogP) is 5.09. The summed E-state index contributed by atoms with van der Waals surface area (Å²) < 4.78 is 21.5. The van der Waals surface area contributed by atoms with E-state index in [-0.39, 0.29) is 36.1 Å². The molecule has 0 radical (unpaired) electrons. The molecule has 0 spiro atoms. The Hall–Kier alpha value is -2.83. The number of methoxy groups -OCH3 is 2. The van der Waals surface area contributed by atoms with Gasteiger partial charge < -0.3 is 18.9 Å². The molecule has 0 saturated carbocycles. The van der Waals surface area contributed by atoms with Crippen molar-refractivity contribution >= 4 is 17.9 Å². The molecule has 0 amide bonds. The Morgan fingerprint density at radius 1 is 1.15 bits per heavy atom. The van der Waals surface area contributed by atoms with E-state index in [4.69, 9.17) is 18.9 Å². The fourth-order valence-corrected chi connectivity index (χ4v) is 4.11. The molecule has 1 unspecified atom stereocenters. The molecule has 0 aliphatic carbocycles. The molecule has 1 aromatic carbocycles. The summed E-state index contributed by atoms with van der Waals surface area (Å²) in [5.41, 5.74) is 3.30. The molecule has 1 heterocycles. The number of allylic oxidation sites excluding steroid dienone is 2. The number of benzene rings is 1. The maximum Gasteiger partial charge on any atom is 0.342 e. The van der Waals surface area contributed by atoms with E-state index in [1.165, 1.54) is 7.11 Å². The monoisotopic (exact) mass is 460 g/mol. The smallest absolute Gasteiger partial charge is 0.342 e. The third kappa shape index (κ3) is 6.59. The van der Waals surface area contributed by atoms with Crippen LogP contribution in [-0.2, 0) is 32.1 Å². The summed E-state index contributed by atoms with van der Waals surface area (Å²) in [6, 6.07) is 0. The van der Waals surface area contributed by atoms with Crippen molar-refractivity contribution in [2.45, 2.75) is 73.8 Å². The van der Waals surface area contributed by atoms with Crippen molar-refractivity contribution in [1.82, 2.24) is 0 Å². The largest absolute Gasteiger partial charge is 0.496 e. The predicted molar refractivity (Wildman–Crippen MR) is 124 cm³/mol. The Kier molecular flexibility index (Phi) is 8.69. The number of carbonyl (C=O) groups excluding carboxylic acids is 3. The number of hydrogen-bond acceptors (Lipinski definition) is 7. The Balaban J connectivity index is 2.48. The topological polar surface area (TPSA) is 88.1 Å². The Labute approximate surface area is 196 Å². The van der Waals surface area contributed by atoms with Gasteiger partial charge in [-0.25, -0.2) is 4.79 Å². The van der Waals surface area contributed by atoms with Gasteiger partial charge in [0, 0.05) is 17.5 Å². The van der Waals surface area contributed by atoms with Gasteiger partial charge in [-0.2, -0.15) is 0 Å². The van der Waals surface area contributed by atoms with Crippen molar-refractivity contribution in [3.05, 3.63) is 33.9 Å². The first-order valence-electron chi connectivity index (χ1n) is 11.2. The number of fused-ring (bicyclic) bond motifs is 1. The number of ether oxygens (including phenoxy) is 4. The SMILES string of the molecule is COC(=O)CC/C(C)=C/Cc1c(OC)c(C)c2c(c1OC(=O)C(C)CC(C)(C)C)C(=O)OC2. The van der Waals surface area contributed by atoms with Gasteiger partial charge in [0.2, 0.25) is 0 Å². The second-order valence-corrected chi connectivity index (χ2v) is 9.81. The van der Waals surface area contributed by atoms with Crippen LogP contribution in [0.25, 0.3) is 0 Å². The van der Waals surface area contributed by atoms with Crippen molar-refractivity contribution in [3.8, 4) is 11.5 Å². The molecular weight excluding hydrogens is 424 g/mol. The summed E-state index contributed by atoms with van der Waals surface area (Å²) >= 11 is 0. The second kappa shape index (κ2) is 10.9. The van der Waals surface area contributed by atoms with Crippen molar-refractivity contribution in [1.29, 1.82) is 0 Å². The molecule has 0 N–H and O–H groups in total. The highest BCUT2D eigenvalue weighted by Crippen LogP contribution is 2.43. The van der Waals surface area contributed by atoms with Gasteiger partial charge >= 0.3 is 17.9 Å². The van der Waals surface area contributed by atoms with E-state index in [9.17, 15) is 14.4 Å². The zero-order valence-electron chi connectivity index (χ0n) is 21.0. The average Bonchev–Trinajstić information content (AvgIpc) is 3.13. The highest BCUT2D eigenvalue weighted by molar-refractivity contribution is 5.99. The van der Waals surface area contributed by atoms with E-state index in [2.05, 4.69) is 20.8 Å². The Morgan fingerprint density at radius 2 is 1.82 bits per heavy atom. The standard InChI is InChI=1S/C26H36O7/c1-15(10-12-20(27)30-7)9-11-18-22(31-8)17(3)19-14-32-25(29)21(19)23(18)33-24(28)16(2)13-26(4,5)6/h9,16H,10-14H2,1-8H3/b15-9+. The van der Waals surface area contributed by atoms with Gasteiger partial charge in [0.25, 0.3) is 0 Å². The minimum atomic E-state index is -0.505. The molecule has 1 aliphatic rings. The first kappa shape index (κ1) is 26.4. The first-order valence-corrected chi connectivity index (χ1v) is 11.2. The molecule has 2 rings (SSSR count). The number of hydrogen-bond donors (Lipinski definition) is 0. The molecule has 7 heteroatoms. The summed E-state index contributed by atoms with van der Waals surface area (Å²) in [6.07, 6.45) is 3.77. The third-order valence-corrected chi connectivity index (χ3v) is 5.76. The Bertz CT molecular complexity index is 951. The van der Waals surface area contributed by atoms with Crippen molar-refractivity contribution < 1.29 is 33.3 Å². The maximum atomic E-state index is 13.0. The van der Waals surface area contributed by atoms with E-state index >= 15 is 0 Å². The molecule has 0 fully saturated rings. The first-order chi connectivity index (χ1) is 15.4. The van der Waals surface area contributed by atoms with Gasteiger partial charge in [-0.05, 0) is 44.1 Å². The lowest BCUT2D eigenvalue weighted by Gasteiger charge is -2.23. The van der Waals surface area contributed by atoms with Crippen LogP contribution in [0.2, 0.25) is 0 Å². The molecule has 0 bridgehead atoms. The van der Waals surface area contributed by atoms with E-state index in [0.717, 1.165) is 11.1 Å². The van der Waals surface area contributed by atoms with Gasteiger partial charge in [-0.3, -0.25) is 9.59 Å². The van der Waals surface area contributed by atoms with Crippen molar-refractivity contribution in [2.75, 3.05) is 14.2 Å². The summed E-state index contributed by atoms with van der Waals surface area (Å²) in [7, 11) is 2.91. The summed E-state index contributed by atoms with van der Waals surface area (Å²) in [5.74, 6) is -0.762. The number of esters is 3. The lowest BCUT2D eigenvalue weighted by atomic mass is 9.85. The minimum Gasteiger partial charge on any atom is -0.496 e. The number of carbonyl (C=O) groups is 3. The summed E-state index contributed by atoms with van der Waals surface area (Å²) in [5, 5.41) is 0. The van der Waals surface area contributed by atoms with E-state index in [1.54, 1.807) is 7.11 Å².